The Morgan fingerprint density at radius 3 is 2.81 bits per heavy atom. The van der Waals surface area contributed by atoms with Crippen molar-refractivity contribution in [1.29, 1.82) is 0 Å². The number of ether oxygens (including phenoxy) is 3. The predicted octanol–water partition coefficient (Wildman–Crippen LogP) is 3.29. The van der Waals surface area contributed by atoms with Crippen molar-refractivity contribution in [2.45, 2.75) is 24.9 Å². The van der Waals surface area contributed by atoms with Crippen molar-refractivity contribution in [3.05, 3.63) is 54.4 Å². The molecule has 0 N–H and O–H groups in total. The molecule has 3 heterocycles. The lowest BCUT2D eigenvalue weighted by Gasteiger charge is -2.35. The molecule has 1 amide bonds. The van der Waals surface area contributed by atoms with E-state index < -0.39 is 6.10 Å². The van der Waals surface area contributed by atoms with Gasteiger partial charge in [-0.1, -0.05) is 29.4 Å². The van der Waals surface area contributed by atoms with E-state index in [9.17, 15) is 4.79 Å². The number of para-hydroxylation sites is 3. The quantitative estimate of drug-likeness (QED) is 0.639. The van der Waals surface area contributed by atoms with Crippen LogP contribution < -0.4 is 14.2 Å². The number of nitrogens with zero attached hydrogens (tertiary/aromatic N) is 3. The summed E-state index contributed by atoms with van der Waals surface area (Å²) in [6, 6.07) is 14.9. The van der Waals surface area contributed by atoms with Crippen LogP contribution in [0.25, 0.3) is 11.5 Å². The zero-order valence-corrected chi connectivity index (χ0v) is 17.2. The lowest BCUT2D eigenvalue weighted by molar-refractivity contribution is -0.142. The molecule has 2 aromatic carbocycles. The van der Waals surface area contributed by atoms with Crippen molar-refractivity contribution in [2.24, 2.45) is 0 Å². The average Bonchev–Trinajstić information content (AvgIpc) is 3.33. The highest BCUT2D eigenvalue weighted by atomic mass is 16.6. The van der Waals surface area contributed by atoms with Crippen molar-refractivity contribution in [3.63, 3.8) is 0 Å². The summed E-state index contributed by atoms with van der Waals surface area (Å²) in [5.74, 6) is 2.88. The number of carbonyl (C=O) groups excluding carboxylic acids is 1. The number of hydrogen-bond acceptors (Lipinski definition) is 7. The van der Waals surface area contributed by atoms with Crippen LogP contribution in [0.15, 0.2) is 53.1 Å². The van der Waals surface area contributed by atoms with Crippen LogP contribution in [-0.2, 0) is 4.79 Å². The standard InChI is InChI=1S/C23H23N3O5/c1-28-17-9-3-2-8-16(17)22-24-21(25-31-22)15-7-6-12-26(13-15)23(27)20-14-29-18-10-4-5-11-19(18)30-20/h2-5,8-11,15,20H,6-7,12-14H2,1H3/t15-,20+/m1/s1. The number of benzene rings is 2. The topological polar surface area (TPSA) is 86.9 Å². The van der Waals surface area contributed by atoms with Crippen LogP contribution in [0, 0.1) is 0 Å². The Balaban J connectivity index is 1.29. The summed E-state index contributed by atoms with van der Waals surface area (Å²) < 4.78 is 22.5. The van der Waals surface area contributed by atoms with Crippen molar-refractivity contribution < 1.29 is 23.5 Å². The zero-order valence-electron chi connectivity index (χ0n) is 17.2. The Kier molecular flexibility index (Phi) is 5.19. The first kappa shape index (κ1) is 19.4. The summed E-state index contributed by atoms with van der Waals surface area (Å²) in [7, 11) is 1.61. The maximum Gasteiger partial charge on any atom is 0.267 e. The van der Waals surface area contributed by atoms with Gasteiger partial charge in [-0.05, 0) is 37.1 Å². The second kappa shape index (κ2) is 8.29. The summed E-state index contributed by atoms with van der Waals surface area (Å²) >= 11 is 0. The van der Waals surface area contributed by atoms with Gasteiger partial charge in [-0.25, -0.2) is 0 Å². The van der Waals surface area contributed by atoms with Crippen molar-refractivity contribution in [1.82, 2.24) is 15.0 Å². The van der Waals surface area contributed by atoms with Gasteiger partial charge in [0.05, 0.1) is 12.7 Å². The van der Waals surface area contributed by atoms with Gasteiger partial charge in [0.25, 0.3) is 11.8 Å². The normalized spacial score (nSPS) is 20.4. The second-order valence-electron chi connectivity index (χ2n) is 7.65. The van der Waals surface area contributed by atoms with E-state index in [0.717, 1.165) is 18.4 Å². The average molecular weight is 421 g/mol. The third kappa shape index (κ3) is 3.81. The smallest absolute Gasteiger partial charge is 0.267 e. The van der Waals surface area contributed by atoms with Gasteiger partial charge in [0.2, 0.25) is 6.10 Å². The van der Waals surface area contributed by atoms with Crippen LogP contribution >= 0.6 is 0 Å². The summed E-state index contributed by atoms with van der Waals surface area (Å²) in [6.07, 6.45) is 1.10. The minimum absolute atomic E-state index is 0.00158. The number of fused-ring (bicyclic) bond motifs is 1. The van der Waals surface area contributed by atoms with E-state index in [1.165, 1.54) is 0 Å². The Morgan fingerprint density at radius 1 is 1.13 bits per heavy atom. The molecule has 2 atom stereocenters. The Hall–Kier alpha value is -3.55. The molecule has 0 aliphatic carbocycles. The number of rotatable bonds is 4. The van der Waals surface area contributed by atoms with Gasteiger partial charge in [0, 0.05) is 19.0 Å². The molecule has 31 heavy (non-hydrogen) atoms. The van der Waals surface area contributed by atoms with Crippen LogP contribution in [0.1, 0.15) is 24.6 Å². The molecule has 1 fully saturated rings. The Morgan fingerprint density at radius 2 is 1.94 bits per heavy atom. The zero-order chi connectivity index (χ0) is 21.2. The molecule has 0 radical (unpaired) electrons. The molecule has 0 spiro atoms. The molecule has 5 rings (SSSR count). The minimum atomic E-state index is -0.650. The van der Waals surface area contributed by atoms with Crippen LogP contribution in [0.3, 0.4) is 0 Å². The molecule has 0 unspecified atom stereocenters. The van der Waals surface area contributed by atoms with Gasteiger partial charge < -0.3 is 23.6 Å². The summed E-state index contributed by atoms with van der Waals surface area (Å²) in [4.78, 5) is 19.5. The van der Waals surface area contributed by atoms with E-state index in [2.05, 4.69) is 10.1 Å². The first-order valence-corrected chi connectivity index (χ1v) is 10.4. The Labute approximate surface area is 179 Å². The second-order valence-corrected chi connectivity index (χ2v) is 7.65. The number of hydrogen-bond donors (Lipinski definition) is 0. The molecule has 0 saturated carbocycles. The number of amides is 1. The van der Waals surface area contributed by atoms with Crippen LogP contribution in [0.2, 0.25) is 0 Å². The van der Waals surface area contributed by atoms with Crippen molar-refractivity contribution >= 4 is 5.91 Å². The van der Waals surface area contributed by atoms with E-state index in [0.29, 0.717) is 42.1 Å². The largest absolute Gasteiger partial charge is 0.496 e. The number of piperidine rings is 1. The van der Waals surface area contributed by atoms with Gasteiger partial charge in [-0.3, -0.25) is 4.79 Å². The van der Waals surface area contributed by atoms with Crippen LogP contribution in [-0.4, -0.2) is 53.9 Å². The number of aromatic nitrogens is 2. The first-order valence-electron chi connectivity index (χ1n) is 10.4. The number of carbonyl (C=O) groups is 1. The fraction of sp³-hybridized carbons (Fsp3) is 0.348. The van der Waals surface area contributed by atoms with Gasteiger partial charge in [-0.15, -0.1) is 0 Å². The highest BCUT2D eigenvalue weighted by molar-refractivity contribution is 5.82. The molecule has 0 bridgehead atoms. The summed E-state index contributed by atoms with van der Waals surface area (Å²) in [5.41, 5.74) is 0.749. The fourth-order valence-electron chi connectivity index (χ4n) is 4.06. The fourth-order valence-corrected chi connectivity index (χ4v) is 4.06. The molecule has 1 saturated heterocycles. The highest BCUT2D eigenvalue weighted by Crippen LogP contribution is 2.33. The van der Waals surface area contributed by atoms with Gasteiger partial charge in [-0.2, -0.15) is 4.98 Å². The maximum absolute atomic E-state index is 13.1. The predicted molar refractivity (Wildman–Crippen MR) is 111 cm³/mol. The lowest BCUT2D eigenvalue weighted by Crippen LogP contribution is -2.49. The van der Waals surface area contributed by atoms with Crippen molar-refractivity contribution in [3.8, 4) is 28.7 Å². The van der Waals surface area contributed by atoms with Crippen LogP contribution in [0.5, 0.6) is 17.2 Å². The van der Waals surface area contributed by atoms with E-state index in [1.807, 2.05) is 53.4 Å². The third-order valence-electron chi connectivity index (χ3n) is 5.66. The maximum atomic E-state index is 13.1. The van der Waals surface area contributed by atoms with Crippen molar-refractivity contribution in [2.75, 3.05) is 26.8 Å². The molecular weight excluding hydrogens is 398 g/mol. The molecule has 1 aromatic heterocycles. The molecule has 2 aliphatic heterocycles. The van der Waals surface area contributed by atoms with Crippen LogP contribution in [0.4, 0.5) is 0 Å². The molecule has 8 heteroatoms. The van der Waals surface area contributed by atoms with Gasteiger partial charge in [0.15, 0.2) is 17.3 Å². The Bertz CT molecular complexity index is 1080. The first-order chi connectivity index (χ1) is 15.2. The third-order valence-corrected chi connectivity index (χ3v) is 5.66. The molecule has 8 nitrogen and oxygen atoms in total. The summed E-state index contributed by atoms with van der Waals surface area (Å²) in [5, 5.41) is 4.19. The molecule has 160 valence electrons. The monoisotopic (exact) mass is 421 g/mol. The minimum Gasteiger partial charge on any atom is -0.496 e. The van der Waals surface area contributed by atoms with E-state index in [4.69, 9.17) is 18.7 Å². The SMILES string of the molecule is COc1ccccc1-c1nc([C@@H]2CCCN(C(=O)[C@@H]3COc4ccccc4O3)C2)no1. The van der Waals surface area contributed by atoms with E-state index >= 15 is 0 Å². The number of likely N-dealkylation sites (tertiary alicyclic amines) is 1. The highest BCUT2D eigenvalue weighted by Gasteiger charge is 2.35. The van der Waals surface area contributed by atoms with Gasteiger partial charge in [0.1, 0.15) is 12.4 Å². The number of methoxy groups -OCH3 is 1. The van der Waals surface area contributed by atoms with Gasteiger partial charge >= 0.3 is 0 Å². The van der Waals surface area contributed by atoms with E-state index in [1.54, 1.807) is 7.11 Å². The molecular formula is C23H23N3O5. The van der Waals surface area contributed by atoms with E-state index in [-0.39, 0.29) is 18.4 Å². The molecule has 3 aromatic rings. The lowest BCUT2D eigenvalue weighted by atomic mass is 9.97. The molecule has 2 aliphatic rings. The summed E-state index contributed by atoms with van der Waals surface area (Å²) in [6.45, 7) is 1.40.